The lowest BCUT2D eigenvalue weighted by molar-refractivity contribution is -0.120. The van der Waals surface area contributed by atoms with Gasteiger partial charge in [0, 0.05) is 25.2 Å². The molecule has 160 valence electrons. The molecule has 3 atom stereocenters. The van der Waals surface area contributed by atoms with E-state index in [2.05, 4.69) is 45.8 Å². The summed E-state index contributed by atoms with van der Waals surface area (Å²) in [6.07, 6.45) is 5.41. The summed E-state index contributed by atoms with van der Waals surface area (Å²) in [5.74, 6) is 1.14. The molecule has 1 aliphatic carbocycles. The van der Waals surface area contributed by atoms with Crippen molar-refractivity contribution in [2.45, 2.75) is 64.3 Å². The van der Waals surface area contributed by atoms with Crippen LogP contribution in [0.15, 0.2) is 18.2 Å². The van der Waals surface area contributed by atoms with Crippen LogP contribution >= 0.6 is 0 Å². The molecular formula is C23H40N2O3. The average Bonchev–Trinajstić information content (AvgIpc) is 2.66. The van der Waals surface area contributed by atoms with Gasteiger partial charge < -0.3 is 20.1 Å². The van der Waals surface area contributed by atoms with Crippen LogP contribution in [0.2, 0.25) is 0 Å². The van der Waals surface area contributed by atoms with Gasteiger partial charge in [-0.1, -0.05) is 39.7 Å². The third-order valence-electron chi connectivity index (χ3n) is 5.85. The molecule has 0 saturated heterocycles. The van der Waals surface area contributed by atoms with Crippen LogP contribution in [0, 0.1) is 5.92 Å². The summed E-state index contributed by atoms with van der Waals surface area (Å²) in [5.41, 5.74) is 9.16. The van der Waals surface area contributed by atoms with E-state index in [9.17, 15) is 4.79 Å². The normalized spacial score (nSPS) is 23.6. The summed E-state index contributed by atoms with van der Waals surface area (Å²) in [7, 11) is 5.86. The molecule has 0 aliphatic heterocycles. The first-order valence-electron chi connectivity index (χ1n) is 10.5. The van der Waals surface area contributed by atoms with Crippen molar-refractivity contribution in [3.05, 3.63) is 29.3 Å². The summed E-state index contributed by atoms with van der Waals surface area (Å²) in [6, 6.07) is 6.14. The molecule has 5 nitrogen and oxygen atoms in total. The minimum absolute atomic E-state index is 0.0364. The van der Waals surface area contributed by atoms with E-state index in [4.69, 9.17) is 15.2 Å². The van der Waals surface area contributed by atoms with E-state index in [1.165, 1.54) is 11.1 Å². The number of nitrogens with two attached hydrogens (primary N) is 1. The first-order valence-corrected chi connectivity index (χ1v) is 10.5. The second kappa shape index (κ2) is 12.2. The lowest BCUT2D eigenvalue weighted by Gasteiger charge is -2.45. The number of benzene rings is 1. The van der Waals surface area contributed by atoms with E-state index < -0.39 is 0 Å². The Labute approximate surface area is 171 Å². The highest BCUT2D eigenvalue weighted by Crippen LogP contribution is 2.44. The van der Waals surface area contributed by atoms with Crippen LogP contribution in [0.5, 0.6) is 5.75 Å². The molecule has 0 saturated carbocycles. The fourth-order valence-electron chi connectivity index (χ4n) is 4.25. The summed E-state index contributed by atoms with van der Waals surface area (Å²) < 4.78 is 9.88. The van der Waals surface area contributed by atoms with Crippen LogP contribution in [0.1, 0.15) is 57.6 Å². The van der Waals surface area contributed by atoms with E-state index in [-0.39, 0.29) is 11.5 Å². The number of nitrogens with zero attached hydrogens (tertiary/aromatic N) is 1. The Morgan fingerprint density at radius 3 is 2.57 bits per heavy atom. The van der Waals surface area contributed by atoms with Gasteiger partial charge in [-0.25, -0.2) is 0 Å². The molecule has 0 radical (unpaired) electrons. The molecule has 28 heavy (non-hydrogen) atoms. The smallest absolute Gasteiger partial charge is 0.298 e. The lowest BCUT2D eigenvalue weighted by atomic mass is 9.61. The van der Waals surface area contributed by atoms with Crippen LogP contribution in [-0.4, -0.2) is 51.8 Å². The van der Waals surface area contributed by atoms with Crippen molar-refractivity contribution in [2.75, 3.05) is 34.4 Å². The molecule has 0 spiro atoms. The Kier molecular flexibility index (Phi) is 10.7. The summed E-state index contributed by atoms with van der Waals surface area (Å²) in [5, 5.41) is 0. The molecular weight excluding hydrogens is 352 g/mol. The Morgan fingerprint density at radius 2 is 2.04 bits per heavy atom. The highest BCUT2D eigenvalue weighted by atomic mass is 16.5. The first-order chi connectivity index (χ1) is 13.3. The number of ether oxygens (including phenoxy) is 2. The van der Waals surface area contributed by atoms with E-state index in [0.29, 0.717) is 18.1 Å². The number of methoxy groups -OCH3 is 1. The summed E-state index contributed by atoms with van der Waals surface area (Å²) in [6.45, 7) is 9.14. The van der Waals surface area contributed by atoms with Gasteiger partial charge in [0.2, 0.25) is 0 Å². The van der Waals surface area contributed by atoms with Gasteiger partial charge in [-0.15, -0.1) is 0 Å². The molecule has 2 N–H and O–H groups in total. The van der Waals surface area contributed by atoms with E-state index in [1.807, 2.05) is 12.1 Å². The molecule has 0 heterocycles. The maximum absolute atomic E-state index is 10.5. The lowest BCUT2D eigenvalue weighted by Crippen LogP contribution is -2.52. The maximum atomic E-state index is 10.5. The van der Waals surface area contributed by atoms with Crippen molar-refractivity contribution in [1.82, 2.24) is 4.90 Å². The van der Waals surface area contributed by atoms with E-state index in [1.54, 1.807) is 7.11 Å². The predicted molar refractivity (Wildman–Crippen MR) is 116 cm³/mol. The Hall–Kier alpha value is -1.43. The number of hydrogen-bond donors (Lipinski definition) is 1. The number of carbonyl (C=O) groups excluding carboxylic acids is 1. The third-order valence-corrected chi connectivity index (χ3v) is 5.85. The third kappa shape index (κ3) is 6.57. The van der Waals surface area contributed by atoms with Crippen LogP contribution in [0.4, 0.5) is 0 Å². The van der Waals surface area contributed by atoms with Crippen LogP contribution < -0.4 is 10.5 Å². The Bertz CT molecular complexity index is 591. The topological polar surface area (TPSA) is 64.8 Å². The largest absolute Gasteiger partial charge is 0.429 e. The van der Waals surface area contributed by atoms with Gasteiger partial charge in [0.05, 0.1) is 0 Å². The van der Waals surface area contributed by atoms with Crippen LogP contribution in [0.25, 0.3) is 0 Å². The van der Waals surface area contributed by atoms with Crippen molar-refractivity contribution in [3.8, 4) is 5.75 Å². The zero-order valence-corrected chi connectivity index (χ0v) is 18.7. The highest BCUT2D eigenvalue weighted by molar-refractivity contribution is 5.49. The number of rotatable bonds is 9. The minimum atomic E-state index is -0.0364. The molecule has 5 heteroatoms. The minimum Gasteiger partial charge on any atom is -0.429 e. The van der Waals surface area contributed by atoms with E-state index in [0.717, 1.165) is 45.3 Å². The van der Waals surface area contributed by atoms with Crippen molar-refractivity contribution < 1.29 is 14.3 Å². The van der Waals surface area contributed by atoms with Crippen LogP contribution in [-0.2, 0) is 21.4 Å². The van der Waals surface area contributed by atoms with Gasteiger partial charge in [-0.2, -0.15) is 0 Å². The predicted octanol–water partition coefficient (Wildman–Crippen LogP) is 3.77. The fourth-order valence-corrected chi connectivity index (χ4v) is 4.25. The van der Waals surface area contributed by atoms with Gasteiger partial charge in [0.25, 0.3) is 6.47 Å². The first kappa shape index (κ1) is 24.6. The maximum Gasteiger partial charge on any atom is 0.298 e. The van der Waals surface area contributed by atoms with Gasteiger partial charge >= 0.3 is 0 Å². The number of carbonyl (C=O) groups is 1. The van der Waals surface area contributed by atoms with E-state index >= 15 is 0 Å². The monoisotopic (exact) mass is 392 g/mol. The molecule has 1 aliphatic rings. The molecule has 0 fully saturated rings. The fraction of sp³-hybridized carbons (Fsp3) is 0.696. The molecule has 0 bridgehead atoms. The van der Waals surface area contributed by atoms with Gasteiger partial charge in [0.15, 0.2) is 0 Å². The zero-order valence-electron chi connectivity index (χ0n) is 18.7. The average molecular weight is 393 g/mol. The molecule has 0 unspecified atom stereocenters. The summed E-state index contributed by atoms with van der Waals surface area (Å²) >= 11 is 0. The SMILES string of the molecule is CCC[C@]1(C)c2cc(OC=O)ccc2C[C@H](CC)[C@@H]1N.COCCCN(C)C. The molecule has 1 aromatic carbocycles. The quantitative estimate of drug-likeness (QED) is 0.512. The van der Waals surface area contributed by atoms with Gasteiger partial charge in [-0.05, 0) is 69.1 Å². The van der Waals surface area contributed by atoms with Crippen LogP contribution in [0.3, 0.4) is 0 Å². The summed E-state index contributed by atoms with van der Waals surface area (Å²) in [4.78, 5) is 12.7. The molecule has 0 amide bonds. The van der Waals surface area contributed by atoms with Crippen molar-refractivity contribution in [2.24, 2.45) is 11.7 Å². The molecule has 0 aromatic heterocycles. The number of fused-ring (bicyclic) bond motifs is 1. The highest BCUT2D eigenvalue weighted by Gasteiger charge is 2.42. The van der Waals surface area contributed by atoms with Gasteiger partial charge in [0.1, 0.15) is 5.75 Å². The second-order valence-electron chi connectivity index (χ2n) is 8.25. The van der Waals surface area contributed by atoms with Crippen molar-refractivity contribution in [3.63, 3.8) is 0 Å². The van der Waals surface area contributed by atoms with Crippen molar-refractivity contribution in [1.29, 1.82) is 0 Å². The van der Waals surface area contributed by atoms with Crippen molar-refractivity contribution >= 4 is 6.47 Å². The standard InChI is InChI=1S/C17H25NO2.C6H15NO/c1-4-8-17(3)15-10-14(20-11-19)7-6-13(15)9-12(5-2)16(17)18;1-7(2)5-4-6-8-3/h6-7,10-12,16H,4-5,8-9,18H2,1-3H3;4-6H2,1-3H3/t12-,16-,17+;/m0./s1. The van der Waals surface area contributed by atoms with Gasteiger partial charge in [-0.3, -0.25) is 4.79 Å². The molecule has 1 aromatic rings. The Balaban J connectivity index is 0.000000416. The number of hydrogen-bond acceptors (Lipinski definition) is 5. The molecule has 2 rings (SSSR count). The second-order valence-corrected chi connectivity index (χ2v) is 8.25. The zero-order chi connectivity index (χ0) is 21.2. The Morgan fingerprint density at radius 1 is 1.32 bits per heavy atom.